The number of nitrogen functional groups attached to an aromatic ring is 1. The average molecular weight is 216 g/mol. The van der Waals surface area contributed by atoms with E-state index in [0.29, 0.717) is 0 Å². The summed E-state index contributed by atoms with van der Waals surface area (Å²) in [5.74, 6) is 0.866. The Kier molecular flexibility index (Phi) is 3.25. The monoisotopic (exact) mass is 216 g/mol. The third-order valence-electron chi connectivity index (χ3n) is 2.57. The highest BCUT2D eigenvalue weighted by molar-refractivity contribution is 5.96. The first-order valence-corrected chi connectivity index (χ1v) is 5.58. The van der Waals surface area contributed by atoms with Crippen LogP contribution in [0.4, 0.5) is 5.69 Å². The molecule has 1 aromatic carbocycles. The van der Waals surface area contributed by atoms with E-state index < -0.39 is 0 Å². The van der Waals surface area contributed by atoms with Gasteiger partial charge in [-0.1, -0.05) is 13.3 Å². The van der Waals surface area contributed by atoms with Gasteiger partial charge in [0.1, 0.15) is 5.75 Å². The summed E-state index contributed by atoms with van der Waals surface area (Å²) in [5, 5.41) is 1.99. The minimum atomic E-state index is 0.740. The summed E-state index contributed by atoms with van der Waals surface area (Å²) in [4.78, 5) is 4.11. The van der Waals surface area contributed by atoms with Crippen LogP contribution in [0.25, 0.3) is 10.8 Å². The third-order valence-corrected chi connectivity index (χ3v) is 2.57. The fraction of sp³-hybridized carbons (Fsp3) is 0.308. The summed E-state index contributed by atoms with van der Waals surface area (Å²) >= 11 is 0. The molecule has 2 rings (SSSR count). The van der Waals surface area contributed by atoms with Gasteiger partial charge in [-0.3, -0.25) is 4.98 Å². The zero-order valence-electron chi connectivity index (χ0n) is 9.44. The van der Waals surface area contributed by atoms with Crippen molar-refractivity contribution in [3.05, 3.63) is 30.6 Å². The quantitative estimate of drug-likeness (QED) is 0.631. The Morgan fingerprint density at radius 1 is 1.25 bits per heavy atom. The first-order valence-electron chi connectivity index (χ1n) is 5.58. The number of rotatable bonds is 4. The zero-order valence-corrected chi connectivity index (χ0v) is 9.44. The number of benzene rings is 1. The van der Waals surface area contributed by atoms with Gasteiger partial charge in [-0.2, -0.15) is 0 Å². The second-order valence-electron chi connectivity index (χ2n) is 3.78. The van der Waals surface area contributed by atoms with Gasteiger partial charge in [0.25, 0.3) is 0 Å². The molecule has 1 heterocycles. The molecule has 1 aromatic heterocycles. The maximum atomic E-state index is 5.90. The summed E-state index contributed by atoms with van der Waals surface area (Å²) in [6, 6.07) is 5.70. The van der Waals surface area contributed by atoms with Crippen molar-refractivity contribution in [3.63, 3.8) is 0 Å². The molecule has 2 N–H and O–H groups in total. The molecule has 0 aliphatic heterocycles. The number of fused-ring (bicyclic) bond motifs is 1. The van der Waals surface area contributed by atoms with Crippen molar-refractivity contribution in [1.82, 2.24) is 4.98 Å². The van der Waals surface area contributed by atoms with Crippen LogP contribution >= 0.6 is 0 Å². The van der Waals surface area contributed by atoms with Crippen molar-refractivity contribution < 1.29 is 4.74 Å². The number of nitrogens with two attached hydrogens (primary N) is 1. The molecule has 0 aliphatic rings. The van der Waals surface area contributed by atoms with Crippen LogP contribution in [0, 0.1) is 0 Å². The standard InChI is InChI=1S/C13H16N2O/c1-2-3-8-16-13-5-4-12(14)10-6-7-15-9-11(10)13/h4-7,9H,2-3,8,14H2,1H3. The fourth-order valence-electron chi connectivity index (χ4n) is 1.64. The summed E-state index contributed by atoms with van der Waals surface area (Å²) in [6.45, 7) is 2.89. The number of nitrogens with zero attached hydrogens (tertiary/aromatic N) is 1. The van der Waals surface area contributed by atoms with Gasteiger partial charge in [-0.15, -0.1) is 0 Å². The molecule has 84 valence electrons. The van der Waals surface area contributed by atoms with Crippen molar-refractivity contribution in [2.75, 3.05) is 12.3 Å². The molecule has 0 aliphatic carbocycles. The Labute approximate surface area is 95.2 Å². The second kappa shape index (κ2) is 4.84. The number of hydrogen-bond acceptors (Lipinski definition) is 3. The highest BCUT2D eigenvalue weighted by atomic mass is 16.5. The molecule has 0 atom stereocenters. The van der Waals surface area contributed by atoms with E-state index >= 15 is 0 Å². The van der Waals surface area contributed by atoms with Crippen LogP contribution in [0.1, 0.15) is 19.8 Å². The van der Waals surface area contributed by atoms with E-state index in [2.05, 4.69) is 11.9 Å². The van der Waals surface area contributed by atoms with Crippen molar-refractivity contribution in [1.29, 1.82) is 0 Å². The van der Waals surface area contributed by atoms with E-state index in [4.69, 9.17) is 10.5 Å². The fourth-order valence-corrected chi connectivity index (χ4v) is 1.64. The summed E-state index contributed by atoms with van der Waals surface area (Å²) in [7, 11) is 0. The Bertz CT molecular complexity index is 482. The SMILES string of the molecule is CCCCOc1ccc(N)c2ccncc12. The first kappa shape index (κ1) is 10.7. The lowest BCUT2D eigenvalue weighted by Gasteiger charge is -2.09. The number of unbranched alkanes of at least 4 members (excludes halogenated alkanes) is 1. The van der Waals surface area contributed by atoms with E-state index in [1.54, 1.807) is 12.4 Å². The van der Waals surface area contributed by atoms with Gasteiger partial charge in [0.2, 0.25) is 0 Å². The molecule has 0 saturated carbocycles. The zero-order chi connectivity index (χ0) is 11.4. The van der Waals surface area contributed by atoms with Crippen LogP contribution in [0.3, 0.4) is 0 Å². The van der Waals surface area contributed by atoms with Gasteiger partial charge in [-0.05, 0) is 24.6 Å². The van der Waals surface area contributed by atoms with Gasteiger partial charge < -0.3 is 10.5 Å². The maximum Gasteiger partial charge on any atom is 0.128 e. The van der Waals surface area contributed by atoms with Crippen LogP contribution < -0.4 is 10.5 Å². The highest BCUT2D eigenvalue weighted by Crippen LogP contribution is 2.29. The normalized spacial score (nSPS) is 10.6. The number of ether oxygens (including phenoxy) is 1. The minimum Gasteiger partial charge on any atom is -0.493 e. The summed E-state index contributed by atoms with van der Waals surface area (Å²) in [5.41, 5.74) is 6.66. The number of hydrogen-bond donors (Lipinski definition) is 1. The molecule has 0 unspecified atom stereocenters. The number of anilines is 1. The van der Waals surface area contributed by atoms with Gasteiger partial charge in [0.15, 0.2) is 0 Å². The molecule has 16 heavy (non-hydrogen) atoms. The number of pyridine rings is 1. The van der Waals surface area contributed by atoms with E-state index in [0.717, 1.165) is 41.7 Å². The molecule has 0 fully saturated rings. The predicted molar refractivity (Wildman–Crippen MR) is 66.6 cm³/mol. The van der Waals surface area contributed by atoms with Crippen LogP contribution in [-0.4, -0.2) is 11.6 Å². The van der Waals surface area contributed by atoms with Crippen LogP contribution in [0.15, 0.2) is 30.6 Å². The Morgan fingerprint density at radius 2 is 2.12 bits per heavy atom. The van der Waals surface area contributed by atoms with Crippen molar-refractivity contribution in [3.8, 4) is 5.75 Å². The molecule has 0 spiro atoms. The van der Waals surface area contributed by atoms with Crippen LogP contribution in [0.2, 0.25) is 0 Å². The van der Waals surface area contributed by atoms with Gasteiger partial charge in [0.05, 0.1) is 6.61 Å². The van der Waals surface area contributed by atoms with Crippen LogP contribution in [0.5, 0.6) is 5.75 Å². The molecular weight excluding hydrogens is 200 g/mol. The average Bonchev–Trinajstić information content (AvgIpc) is 2.33. The van der Waals surface area contributed by atoms with Gasteiger partial charge in [0, 0.05) is 28.9 Å². The Balaban J connectivity index is 2.35. The molecular formula is C13H16N2O. The van der Waals surface area contributed by atoms with E-state index in [1.807, 2.05) is 18.2 Å². The molecule has 0 radical (unpaired) electrons. The topological polar surface area (TPSA) is 48.1 Å². The minimum absolute atomic E-state index is 0.740. The molecule has 0 amide bonds. The predicted octanol–water partition coefficient (Wildman–Crippen LogP) is 3.00. The molecule has 0 saturated heterocycles. The van der Waals surface area contributed by atoms with Crippen molar-refractivity contribution >= 4 is 16.5 Å². The highest BCUT2D eigenvalue weighted by Gasteiger charge is 2.04. The first-order chi connectivity index (χ1) is 7.83. The van der Waals surface area contributed by atoms with E-state index in [1.165, 1.54) is 0 Å². The number of aromatic nitrogens is 1. The lowest BCUT2D eigenvalue weighted by atomic mass is 10.1. The summed E-state index contributed by atoms with van der Waals surface area (Å²) < 4.78 is 5.72. The molecule has 3 nitrogen and oxygen atoms in total. The van der Waals surface area contributed by atoms with Gasteiger partial charge >= 0.3 is 0 Å². The van der Waals surface area contributed by atoms with Crippen LogP contribution in [-0.2, 0) is 0 Å². The smallest absolute Gasteiger partial charge is 0.128 e. The molecule has 0 bridgehead atoms. The molecule has 3 heteroatoms. The van der Waals surface area contributed by atoms with Crippen molar-refractivity contribution in [2.45, 2.75) is 19.8 Å². The third kappa shape index (κ3) is 2.08. The lowest BCUT2D eigenvalue weighted by Crippen LogP contribution is -1.98. The second-order valence-corrected chi connectivity index (χ2v) is 3.78. The lowest BCUT2D eigenvalue weighted by molar-refractivity contribution is 0.313. The largest absolute Gasteiger partial charge is 0.493 e. The summed E-state index contributed by atoms with van der Waals surface area (Å²) in [6.07, 6.45) is 5.73. The Morgan fingerprint density at radius 3 is 2.94 bits per heavy atom. The van der Waals surface area contributed by atoms with E-state index in [9.17, 15) is 0 Å². The maximum absolute atomic E-state index is 5.90. The van der Waals surface area contributed by atoms with Gasteiger partial charge in [-0.25, -0.2) is 0 Å². The van der Waals surface area contributed by atoms with Crippen molar-refractivity contribution in [2.24, 2.45) is 0 Å². The molecule has 2 aromatic rings. The van der Waals surface area contributed by atoms with E-state index in [-0.39, 0.29) is 0 Å². The Hall–Kier alpha value is -1.77.